The fourth-order valence-corrected chi connectivity index (χ4v) is 8.07. The average Bonchev–Trinajstić information content (AvgIpc) is 3.37. The normalized spacial score (nSPS) is 25.3. The van der Waals surface area contributed by atoms with Gasteiger partial charge in [-0.05, 0) is 76.4 Å². The van der Waals surface area contributed by atoms with E-state index in [1.54, 1.807) is 57.2 Å². The molecule has 0 saturated carbocycles. The van der Waals surface area contributed by atoms with Gasteiger partial charge in [0.2, 0.25) is 29.5 Å². The average molecular weight is 1040 g/mol. The first-order valence-corrected chi connectivity index (χ1v) is 25.8. The monoisotopic (exact) mass is 1040 g/mol. The Hall–Kier alpha value is -5.70. The van der Waals surface area contributed by atoms with Crippen LogP contribution >= 0.6 is 0 Å². The van der Waals surface area contributed by atoms with Crippen LogP contribution in [0.5, 0.6) is 0 Å². The van der Waals surface area contributed by atoms with Gasteiger partial charge in [0.05, 0.1) is 52.8 Å². The zero-order valence-electron chi connectivity index (χ0n) is 45.9. The second-order valence-electron chi connectivity index (χ2n) is 19.5. The molecule has 74 heavy (non-hydrogen) atoms. The summed E-state index contributed by atoms with van der Waals surface area (Å²) < 4.78 is 28.2. The number of amides is 6. The summed E-state index contributed by atoms with van der Waals surface area (Å²) in [5, 5.41) is 19.8. The van der Waals surface area contributed by atoms with Gasteiger partial charge in [-0.1, -0.05) is 83.5 Å². The number of carbonyl (C=O) groups excluding carboxylic acids is 8. The molecule has 20 nitrogen and oxygen atoms in total. The summed E-state index contributed by atoms with van der Waals surface area (Å²) >= 11 is 0. The number of benzene rings is 1. The maximum atomic E-state index is 14.3. The van der Waals surface area contributed by atoms with Crippen LogP contribution in [0.4, 0.5) is 0 Å². The van der Waals surface area contributed by atoms with Crippen molar-refractivity contribution < 1.29 is 67.1 Å². The first-order valence-electron chi connectivity index (χ1n) is 25.8. The molecule has 416 valence electrons. The van der Waals surface area contributed by atoms with Crippen molar-refractivity contribution in [3.8, 4) is 0 Å². The number of cyclic esters (lactones) is 2. The van der Waals surface area contributed by atoms with E-state index in [1.165, 1.54) is 39.8 Å². The summed E-state index contributed by atoms with van der Waals surface area (Å²) in [5.41, 5.74) is 1.53. The Morgan fingerprint density at radius 1 is 0.851 bits per heavy atom. The van der Waals surface area contributed by atoms with E-state index in [0.29, 0.717) is 31.8 Å². The number of allylic oxidation sites excluding steroid dienone is 2. The molecule has 1 aromatic carbocycles. The predicted molar refractivity (Wildman–Crippen MR) is 278 cm³/mol. The van der Waals surface area contributed by atoms with Crippen LogP contribution in [0.2, 0.25) is 0 Å². The number of aliphatic hydroxyl groups excluding tert-OH is 1. The lowest BCUT2D eigenvalue weighted by molar-refractivity contribution is -0.154. The predicted octanol–water partition coefficient (Wildman–Crippen LogP) is 3.04. The van der Waals surface area contributed by atoms with E-state index in [4.69, 9.17) is 28.8 Å². The SMILES string of the molecule is C/C=C(\C)[C@H]1OC(=O)[C@@H](C)NC(=O)[C@H](C(C)CC)NC(=O)CN(C)C(=O)[C@@H](Cc2ccccc2)N(C)C(=O)[C@H](C)NC(=O)[C@@H](CC(C)C)OC(=O)/C(C)=C/C[C@H](CC(=O)NCCOCCOCCOCCO)[C@@H]1C. The van der Waals surface area contributed by atoms with Crippen LogP contribution < -0.4 is 21.3 Å². The Labute approximate surface area is 438 Å². The minimum absolute atomic E-state index is 0.0592. The summed E-state index contributed by atoms with van der Waals surface area (Å²) in [6.07, 6.45) is 1.92. The van der Waals surface area contributed by atoms with Crippen LogP contribution in [-0.2, 0) is 68.5 Å². The van der Waals surface area contributed by atoms with Crippen molar-refractivity contribution in [3.63, 3.8) is 0 Å². The topological polar surface area (TPSA) is 258 Å². The van der Waals surface area contributed by atoms with E-state index in [-0.39, 0.29) is 76.1 Å². The zero-order chi connectivity index (χ0) is 55.5. The van der Waals surface area contributed by atoms with Crippen LogP contribution in [0, 0.1) is 23.7 Å². The van der Waals surface area contributed by atoms with E-state index in [9.17, 15) is 38.4 Å². The summed E-state index contributed by atoms with van der Waals surface area (Å²) in [6, 6.07) is 4.37. The minimum Gasteiger partial charge on any atom is -0.456 e. The molecular weight excluding hydrogens is 957 g/mol. The van der Waals surface area contributed by atoms with Gasteiger partial charge in [0, 0.05) is 45.0 Å². The van der Waals surface area contributed by atoms with Gasteiger partial charge in [0.15, 0.2) is 6.10 Å². The van der Waals surface area contributed by atoms with Crippen LogP contribution in [0.25, 0.3) is 0 Å². The van der Waals surface area contributed by atoms with Gasteiger partial charge >= 0.3 is 11.9 Å². The third kappa shape index (κ3) is 22.4. The van der Waals surface area contributed by atoms with Gasteiger partial charge in [0.1, 0.15) is 30.3 Å². The van der Waals surface area contributed by atoms with E-state index in [2.05, 4.69) is 21.3 Å². The number of hydrogen-bond donors (Lipinski definition) is 5. The van der Waals surface area contributed by atoms with Gasteiger partial charge in [-0.25, -0.2) is 9.59 Å². The summed E-state index contributed by atoms with van der Waals surface area (Å²) in [7, 11) is 2.84. The molecule has 9 atom stereocenters. The molecule has 20 heteroatoms. The number of hydrogen-bond acceptors (Lipinski definition) is 14. The van der Waals surface area contributed by atoms with Gasteiger partial charge in [-0.3, -0.25) is 28.8 Å². The van der Waals surface area contributed by atoms with E-state index >= 15 is 0 Å². The molecular formula is C54H86N6O14. The van der Waals surface area contributed by atoms with Gasteiger partial charge < -0.3 is 59.9 Å². The summed E-state index contributed by atoms with van der Waals surface area (Å²) in [5.74, 6) is -6.77. The molecule has 1 unspecified atom stereocenters. The Balaban J connectivity index is 2.59. The third-order valence-electron chi connectivity index (χ3n) is 13.0. The Morgan fingerprint density at radius 3 is 2.05 bits per heavy atom. The smallest absolute Gasteiger partial charge is 0.334 e. The molecule has 1 aliphatic heterocycles. The highest BCUT2D eigenvalue weighted by atomic mass is 16.6. The maximum absolute atomic E-state index is 14.3. The van der Waals surface area contributed by atoms with Crippen molar-refractivity contribution in [1.29, 1.82) is 0 Å². The fourth-order valence-electron chi connectivity index (χ4n) is 8.07. The van der Waals surface area contributed by atoms with Crippen LogP contribution in [0.15, 0.2) is 53.6 Å². The lowest BCUT2D eigenvalue weighted by Crippen LogP contribution is -2.57. The molecule has 5 N–H and O–H groups in total. The molecule has 0 aromatic heterocycles. The number of aliphatic hydroxyl groups is 1. The van der Waals surface area contributed by atoms with Crippen LogP contribution in [0.3, 0.4) is 0 Å². The molecule has 0 saturated heterocycles. The number of nitrogens with zero attached hydrogens (tertiary/aromatic N) is 2. The van der Waals surface area contributed by atoms with Gasteiger partial charge in [-0.2, -0.15) is 0 Å². The molecule has 0 aliphatic carbocycles. The molecule has 0 bridgehead atoms. The number of rotatable bonds is 20. The fraction of sp³-hybridized carbons (Fsp3) is 0.667. The van der Waals surface area contributed by atoms with E-state index < -0.39 is 102 Å². The lowest BCUT2D eigenvalue weighted by atomic mass is 9.81. The zero-order valence-corrected chi connectivity index (χ0v) is 45.9. The number of esters is 2. The number of likely N-dealkylation sites (N-methyl/N-ethyl adjacent to an activating group) is 2. The second kappa shape index (κ2) is 34.0. The molecule has 1 aromatic rings. The molecule has 0 spiro atoms. The maximum Gasteiger partial charge on any atom is 0.334 e. The lowest BCUT2D eigenvalue weighted by Gasteiger charge is -2.33. The standard InChI is InChI=1S/C54H86N6O14/c1-13-35(5)47-50(65)57-40(10)54(69)74-48(36(6)14-2)38(8)42(32-45(62)55-22-24-70-26-28-72-29-27-71-25-23-61)21-20-37(7)53(68)73-44(30-34(3)4)49(64)56-39(9)51(66)60(12)43(31-41-18-16-15-17-19-41)52(67)59(11)33-46(63)58-47/h14-20,34-35,38-40,42-44,47-48,61H,13,21-33H2,1-12H3,(H,55,62)(H,56,64)(H,57,65)(H,58,63)/b36-14+,37-20+/t35?,38-,39-,40+,42+,43+,44+,47-,48+/m0/s1. The highest BCUT2D eigenvalue weighted by molar-refractivity contribution is 5.96. The molecule has 6 amide bonds. The Morgan fingerprint density at radius 2 is 1.46 bits per heavy atom. The molecule has 1 heterocycles. The first-order chi connectivity index (χ1) is 35.1. The number of nitrogens with one attached hydrogen (secondary N) is 4. The van der Waals surface area contributed by atoms with E-state index in [0.717, 1.165) is 10.5 Å². The highest BCUT2D eigenvalue weighted by Crippen LogP contribution is 2.30. The molecule has 0 fully saturated rings. The van der Waals surface area contributed by atoms with Gasteiger partial charge in [0.25, 0.3) is 5.91 Å². The first kappa shape index (κ1) is 64.4. The molecule has 2 rings (SSSR count). The van der Waals surface area contributed by atoms with Crippen LogP contribution in [-0.4, -0.2) is 172 Å². The van der Waals surface area contributed by atoms with E-state index in [1.807, 2.05) is 33.8 Å². The van der Waals surface area contributed by atoms with Crippen LogP contribution in [0.1, 0.15) is 100 Å². The van der Waals surface area contributed by atoms with Crippen molar-refractivity contribution in [2.75, 3.05) is 73.4 Å². The van der Waals surface area contributed by atoms with Crippen molar-refractivity contribution in [3.05, 3.63) is 59.2 Å². The summed E-state index contributed by atoms with van der Waals surface area (Å²) in [6.45, 7) is 18.5. The van der Waals surface area contributed by atoms with Crippen molar-refractivity contribution in [2.24, 2.45) is 23.7 Å². The molecule has 0 radical (unpaired) electrons. The Bertz CT molecular complexity index is 2030. The quantitative estimate of drug-likeness (QED) is 0.0715. The van der Waals surface area contributed by atoms with Crippen molar-refractivity contribution in [1.82, 2.24) is 31.1 Å². The molecule has 1 aliphatic rings. The minimum atomic E-state index is -1.31. The number of ether oxygens (including phenoxy) is 5. The third-order valence-corrected chi connectivity index (χ3v) is 13.0. The largest absolute Gasteiger partial charge is 0.456 e. The van der Waals surface area contributed by atoms with Crippen molar-refractivity contribution in [2.45, 2.75) is 138 Å². The second-order valence-corrected chi connectivity index (χ2v) is 19.5. The van der Waals surface area contributed by atoms with Gasteiger partial charge in [-0.15, -0.1) is 0 Å². The Kier molecular flexibility index (Phi) is 29.6. The highest BCUT2D eigenvalue weighted by Gasteiger charge is 2.37. The van der Waals surface area contributed by atoms with Crippen molar-refractivity contribution >= 4 is 47.4 Å². The summed E-state index contributed by atoms with van der Waals surface area (Å²) in [4.78, 5) is 114. The number of carbonyl (C=O) groups is 8.